The van der Waals surface area contributed by atoms with Gasteiger partial charge in [-0.3, -0.25) is 0 Å². The van der Waals surface area contributed by atoms with Gasteiger partial charge in [0, 0.05) is 0 Å². The maximum Gasteiger partial charge on any atom is -0.0140 e. The summed E-state index contributed by atoms with van der Waals surface area (Å²) in [6.45, 7) is 7.89. The summed E-state index contributed by atoms with van der Waals surface area (Å²) in [5.74, 6) is 0. The molecule has 0 saturated carbocycles. The molecule has 0 unspecified atom stereocenters. The van der Waals surface area contributed by atoms with E-state index in [2.05, 4.69) is 19.8 Å². The van der Waals surface area contributed by atoms with Gasteiger partial charge in [0.15, 0.2) is 0 Å². The first-order valence-electron chi connectivity index (χ1n) is 7.32. The monoisotopic (exact) mass is 255 g/mol. The smallest absolute Gasteiger partial charge is 0.0140 e. The molecule has 0 atom stereocenters. The van der Waals surface area contributed by atoms with Gasteiger partial charge in [-0.1, -0.05) is 77.7 Å². The van der Waals surface area contributed by atoms with Crippen molar-refractivity contribution in [3.05, 3.63) is 18.4 Å². The number of unbranched alkanes of at least 4 members (excludes halogenated alkanes) is 10. The summed E-state index contributed by atoms with van der Waals surface area (Å²) in [4.78, 5) is 1.34. The molecule has 0 bridgehead atoms. The Morgan fingerprint density at radius 3 is 1.59 bits per heavy atom. The average Bonchev–Trinajstić information content (AvgIpc) is 2.35. The fraction of sp³-hybridized carbons (Fsp3) is 0.812. The summed E-state index contributed by atoms with van der Waals surface area (Å²) in [6.07, 6.45) is 18.5. The molecule has 101 valence electrons. The van der Waals surface area contributed by atoms with E-state index >= 15 is 0 Å². The van der Waals surface area contributed by atoms with Crippen LogP contribution in [0, 0.1) is 6.92 Å². The second kappa shape index (κ2) is 14.2. The van der Waals surface area contributed by atoms with Gasteiger partial charge in [0.05, 0.1) is 0 Å². The summed E-state index contributed by atoms with van der Waals surface area (Å²) in [7, 11) is 0. The maximum atomic E-state index is 4.01. The van der Waals surface area contributed by atoms with Crippen molar-refractivity contribution in [2.75, 3.05) is 6.26 Å². The standard InChI is InChI=1S/C16H31S/c1-4-5-6-7-8-9-10-11-12-13-14-15-16(2)17-3/h1-2,4-15H2,3H3. The van der Waals surface area contributed by atoms with Gasteiger partial charge in [-0.2, -0.15) is 0 Å². The predicted octanol–water partition coefficient (Wildman–Crippen LogP) is 6.38. The fourth-order valence-corrected chi connectivity index (χ4v) is 2.36. The highest BCUT2D eigenvalue weighted by atomic mass is 32.2. The molecule has 0 heterocycles. The molecule has 0 fully saturated rings. The lowest BCUT2D eigenvalue weighted by Gasteiger charge is -2.03. The largest absolute Gasteiger partial charge is 0.135 e. The Morgan fingerprint density at radius 2 is 1.18 bits per heavy atom. The number of hydrogen-bond acceptors (Lipinski definition) is 1. The van der Waals surface area contributed by atoms with Gasteiger partial charge in [0.25, 0.3) is 0 Å². The third-order valence-corrected chi connectivity index (χ3v) is 4.03. The zero-order valence-corrected chi connectivity index (χ0v) is 12.6. The highest BCUT2D eigenvalue weighted by molar-refractivity contribution is 8.02. The van der Waals surface area contributed by atoms with Crippen LogP contribution in [0.1, 0.15) is 77.0 Å². The Hall–Kier alpha value is 0.0900. The third kappa shape index (κ3) is 14.0. The molecule has 1 radical (unpaired) electrons. The second-order valence-corrected chi connectivity index (χ2v) is 5.87. The summed E-state index contributed by atoms with van der Waals surface area (Å²) in [6, 6.07) is 0. The van der Waals surface area contributed by atoms with Crippen LogP contribution in [-0.2, 0) is 0 Å². The zero-order valence-electron chi connectivity index (χ0n) is 11.8. The molecule has 1 heteroatoms. The van der Waals surface area contributed by atoms with Crippen LogP contribution in [-0.4, -0.2) is 6.26 Å². The molecule has 0 spiro atoms. The Kier molecular flexibility index (Phi) is 14.2. The molecule has 0 rings (SSSR count). The zero-order chi connectivity index (χ0) is 12.8. The van der Waals surface area contributed by atoms with Gasteiger partial charge in [0.1, 0.15) is 0 Å². The Balaban J connectivity index is 2.96. The van der Waals surface area contributed by atoms with Gasteiger partial charge in [0.2, 0.25) is 0 Å². The lowest BCUT2D eigenvalue weighted by atomic mass is 10.1. The van der Waals surface area contributed by atoms with Crippen molar-refractivity contribution in [3.8, 4) is 0 Å². The van der Waals surface area contributed by atoms with Crippen LogP contribution in [0.3, 0.4) is 0 Å². The molecule has 0 aliphatic carbocycles. The van der Waals surface area contributed by atoms with Crippen molar-refractivity contribution in [3.63, 3.8) is 0 Å². The van der Waals surface area contributed by atoms with Crippen LogP contribution < -0.4 is 0 Å². The van der Waals surface area contributed by atoms with E-state index in [-0.39, 0.29) is 0 Å². The first-order valence-corrected chi connectivity index (χ1v) is 8.54. The van der Waals surface area contributed by atoms with E-state index < -0.39 is 0 Å². The molecule has 0 nitrogen and oxygen atoms in total. The molecule has 0 aromatic carbocycles. The van der Waals surface area contributed by atoms with E-state index in [0.29, 0.717) is 0 Å². The SMILES string of the molecule is [CH2]CCCCCCCCCCCCC(=C)SC. The third-order valence-electron chi connectivity index (χ3n) is 3.24. The predicted molar refractivity (Wildman–Crippen MR) is 83.4 cm³/mol. The van der Waals surface area contributed by atoms with Gasteiger partial charge in [-0.25, -0.2) is 0 Å². The van der Waals surface area contributed by atoms with Crippen molar-refractivity contribution in [2.45, 2.75) is 77.0 Å². The molecule has 0 amide bonds. The first-order chi connectivity index (χ1) is 8.31. The highest BCUT2D eigenvalue weighted by Crippen LogP contribution is 2.18. The first kappa shape index (κ1) is 17.1. The van der Waals surface area contributed by atoms with Crippen LogP contribution in [0.4, 0.5) is 0 Å². The molecule has 0 saturated heterocycles. The molecule has 0 aromatic heterocycles. The molecule has 0 aromatic rings. The summed E-state index contributed by atoms with van der Waals surface area (Å²) in [5, 5.41) is 0. The molecular weight excluding hydrogens is 224 g/mol. The lowest BCUT2D eigenvalue weighted by Crippen LogP contribution is -1.82. The minimum absolute atomic E-state index is 1.11. The van der Waals surface area contributed by atoms with Crippen LogP contribution >= 0.6 is 11.8 Å². The molecule has 17 heavy (non-hydrogen) atoms. The Bertz CT molecular complexity index is 163. The van der Waals surface area contributed by atoms with E-state index in [1.165, 1.54) is 75.5 Å². The second-order valence-electron chi connectivity index (χ2n) is 4.88. The molecule has 0 aliphatic heterocycles. The maximum absolute atomic E-state index is 4.01. The average molecular weight is 255 g/mol. The Labute approximate surface area is 114 Å². The van der Waals surface area contributed by atoms with Crippen molar-refractivity contribution < 1.29 is 0 Å². The van der Waals surface area contributed by atoms with Crippen LogP contribution in [0.25, 0.3) is 0 Å². The summed E-state index contributed by atoms with van der Waals surface area (Å²) in [5.41, 5.74) is 0. The number of thioether (sulfide) groups is 1. The summed E-state index contributed by atoms with van der Waals surface area (Å²) >= 11 is 1.81. The van der Waals surface area contributed by atoms with Crippen LogP contribution in [0.2, 0.25) is 0 Å². The van der Waals surface area contributed by atoms with Crippen molar-refractivity contribution in [1.29, 1.82) is 0 Å². The Morgan fingerprint density at radius 1 is 0.765 bits per heavy atom. The van der Waals surface area contributed by atoms with E-state index in [4.69, 9.17) is 0 Å². The minimum Gasteiger partial charge on any atom is -0.135 e. The van der Waals surface area contributed by atoms with Gasteiger partial charge in [-0.15, -0.1) is 11.8 Å². The van der Waals surface area contributed by atoms with E-state index in [1.54, 1.807) is 0 Å². The normalized spacial score (nSPS) is 10.7. The number of rotatable bonds is 13. The van der Waals surface area contributed by atoms with Crippen molar-refractivity contribution >= 4 is 11.8 Å². The number of allylic oxidation sites excluding steroid dienone is 1. The topological polar surface area (TPSA) is 0 Å². The van der Waals surface area contributed by atoms with Crippen molar-refractivity contribution in [2.24, 2.45) is 0 Å². The fourth-order valence-electron chi connectivity index (χ4n) is 2.02. The van der Waals surface area contributed by atoms with Crippen molar-refractivity contribution in [1.82, 2.24) is 0 Å². The molecule has 0 N–H and O–H groups in total. The van der Waals surface area contributed by atoms with Crippen LogP contribution in [0.5, 0.6) is 0 Å². The van der Waals surface area contributed by atoms with Gasteiger partial charge < -0.3 is 0 Å². The number of hydrogen-bond donors (Lipinski definition) is 0. The lowest BCUT2D eigenvalue weighted by molar-refractivity contribution is 0.553. The van der Waals surface area contributed by atoms with E-state index in [1.807, 2.05) is 11.8 Å². The quantitative estimate of drug-likeness (QED) is 0.344. The summed E-state index contributed by atoms with van der Waals surface area (Å²) < 4.78 is 0. The van der Waals surface area contributed by atoms with E-state index in [9.17, 15) is 0 Å². The van der Waals surface area contributed by atoms with Gasteiger partial charge >= 0.3 is 0 Å². The minimum atomic E-state index is 1.11. The van der Waals surface area contributed by atoms with Gasteiger partial charge in [-0.05, 0) is 24.0 Å². The van der Waals surface area contributed by atoms with Crippen LogP contribution in [0.15, 0.2) is 11.5 Å². The van der Waals surface area contributed by atoms with E-state index in [0.717, 1.165) is 6.42 Å². The highest BCUT2D eigenvalue weighted by Gasteiger charge is 1.94. The molecule has 0 aliphatic rings. The molecular formula is C16H31S.